The monoisotopic (exact) mass is 235 g/mol. The van der Waals surface area contributed by atoms with E-state index in [1.807, 2.05) is 30.3 Å². The first-order chi connectivity index (χ1) is 8.15. The van der Waals surface area contributed by atoms with Crippen molar-refractivity contribution in [3.8, 4) is 0 Å². The first-order valence-electron chi connectivity index (χ1n) is 5.93. The molecule has 17 heavy (non-hydrogen) atoms. The number of rotatable bonds is 6. The Kier molecular flexibility index (Phi) is 5.66. The third-order valence-electron chi connectivity index (χ3n) is 2.55. The van der Waals surface area contributed by atoms with E-state index in [1.165, 1.54) is 0 Å². The molecule has 0 saturated carbocycles. The van der Waals surface area contributed by atoms with Crippen molar-refractivity contribution in [3.63, 3.8) is 0 Å². The van der Waals surface area contributed by atoms with E-state index < -0.39 is 6.04 Å². The maximum atomic E-state index is 11.9. The van der Waals surface area contributed by atoms with E-state index in [2.05, 4.69) is 0 Å². The van der Waals surface area contributed by atoms with Crippen LogP contribution in [-0.4, -0.2) is 29.9 Å². The van der Waals surface area contributed by atoms with Crippen LogP contribution in [0.1, 0.15) is 18.9 Å². The van der Waals surface area contributed by atoms with E-state index in [0.29, 0.717) is 19.6 Å². The Bertz CT molecular complexity index is 338. The topological polar surface area (TPSA) is 72.4 Å². The zero-order valence-corrected chi connectivity index (χ0v) is 10.3. The Labute approximate surface area is 103 Å². The minimum Gasteiger partial charge on any atom is -0.337 e. The molecule has 1 amide bonds. The van der Waals surface area contributed by atoms with Gasteiger partial charge < -0.3 is 16.4 Å². The molecule has 1 aromatic carbocycles. The largest absolute Gasteiger partial charge is 0.337 e. The first kappa shape index (κ1) is 13.7. The molecule has 0 aliphatic rings. The zero-order valence-electron chi connectivity index (χ0n) is 10.3. The number of hydrogen-bond donors (Lipinski definition) is 2. The maximum Gasteiger partial charge on any atom is 0.239 e. The number of hydrogen-bond acceptors (Lipinski definition) is 3. The molecule has 0 bridgehead atoms. The summed E-state index contributed by atoms with van der Waals surface area (Å²) in [6, 6.07) is 9.44. The van der Waals surface area contributed by atoms with Gasteiger partial charge in [0.05, 0.1) is 6.04 Å². The summed E-state index contributed by atoms with van der Waals surface area (Å²) in [5.74, 6) is -0.0256. The summed E-state index contributed by atoms with van der Waals surface area (Å²) in [6.45, 7) is 3.55. The van der Waals surface area contributed by atoms with Gasteiger partial charge in [0.1, 0.15) is 0 Å². The molecule has 0 radical (unpaired) electrons. The average molecular weight is 235 g/mol. The summed E-state index contributed by atoms with van der Waals surface area (Å²) in [4.78, 5) is 13.7. The Hall–Kier alpha value is -1.39. The Balaban J connectivity index is 2.66. The molecule has 0 fully saturated rings. The summed E-state index contributed by atoms with van der Waals surface area (Å²) < 4.78 is 0. The van der Waals surface area contributed by atoms with Crippen molar-refractivity contribution >= 4 is 5.91 Å². The normalized spacial score (nSPS) is 12.2. The van der Waals surface area contributed by atoms with Gasteiger partial charge in [-0.25, -0.2) is 0 Å². The van der Waals surface area contributed by atoms with Crippen LogP contribution in [-0.2, 0) is 11.3 Å². The standard InChI is InChI=1S/C13H21N3O/c1-11(15)13(17)16(9-5-8-14)10-12-6-3-2-4-7-12/h2-4,6-7,11H,5,8-10,14-15H2,1H3. The highest BCUT2D eigenvalue weighted by Crippen LogP contribution is 2.06. The number of carbonyl (C=O) groups excluding carboxylic acids is 1. The van der Waals surface area contributed by atoms with Gasteiger partial charge in [-0.1, -0.05) is 30.3 Å². The molecule has 0 aliphatic carbocycles. The molecule has 0 aliphatic heterocycles. The molecule has 1 rings (SSSR count). The Morgan fingerprint density at radius 1 is 1.35 bits per heavy atom. The molecule has 94 valence electrons. The van der Waals surface area contributed by atoms with Crippen LogP contribution >= 0.6 is 0 Å². The lowest BCUT2D eigenvalue weighted by Crippen LogP contribution is -2.42. The van der Waals surface area contributed by atoms with Crippen LogP contribution in [0.15, 0.2) is 30.3 Å². The van der Waals surface area contributed by atoms with Crippen molar-refractivity contribution in [3.05, 3.63) is 35.9 Å². The van der Waals surface area contributed by atoms with Crippen molar-refractivity contribution in [1.29, 1.82) is 0 Å². The zero-order chi connectivity index (χ0) is 12.7. The predicted molar refractivity (Wildman–Crippen MR) is 69.2 cm³/mol. The Morgan fingerprint density at radius 2 is 2.00 bits per heavy atom. The summed E-state index contributed by atoms with van der Waals surface area (Å²) in [6.07, 6.45) is 0.797. The molecular formula is C13H21N3O. The van der Waals surface area contributed by atoms with Gasteiger partial charge in [0.2, 0.25) is 5.91 Å². The maximum absolute atomic E-state index is 11.9. The fourth-order valence-electron chi connectivity index (χ4n) is 1.64. The quantitative estimate of drug-likeness (QED) is 0.762. The van der Waals surface area contributed by atoms with Gasteiger partial charge >= 0.3 is 0 Å². The molecule has 1 atom stereocenters. The van der Waals surface area contributed by atoms with E-state index >= 15 is 0 Å². The number of nitrogens with two attached hydrogens (primary N) is 2. The third-order valence-corrected chi connectivity index (χ3v) is 2.55. The lowest BCUT2D eigenvalue weighted by molar-refractivity contribution is -0.132. The van der Waals surface area contributed by atoms with Crippen molar-refractivity contribution in [2.75, 3.05) is 13.1 Å². The van der Waals surface area contributed by atoms with Crippen molar-refractivity contribution in [1.82, 2.24) is 4.90 Å². The van der Waals surface area contributed by atoms with E-state index in [0.717, 1.165) is 12.0 Å². The first-order valence-corrected chi connectivity index (χ1v) is 5.93. The SMILES string of the molecule is CC(N)C(=O)N(CCCN)Cc1ccccc1. The summed E-state index contributed by atoms with van der Waals surface area (Å²) in [7, 11) is 0. The van der Waals surface area contributed by atoms with E-state index in [4.69, 9.17) is 11.5 Å². The van der Waals surface area contributed by atoms with Crippen molar-refractivity contribution in [2.24, 2.45) is 11.5 Å². The number of nitrogens with zero attached hydrogens (tertiary/aromatic N) is 1. The Morgan fingerprint density at radius 3 is 2.53 bits per heavy atom. The van der Waals surface area contributed by atoms with E-state index in [9.17, 15) is 4.79 Å². The third kappa shape index (κ3) is 4.54. The summed E-state index contributed by atoms with van der Waals surface area (Å²) in [5, 5.41) is 0. The summed E-state index contributed by atoms with van der Waals surface area (Å²) >= 11 is 0. The van der Waals surface area contributed by atoms with Gasteiger partial charge in [0.15, 0.2) is 0 Å². The lowest BCUT2D eigenvalue weighted by atomic mass is 10.2. The lowest BCUT2D eigenvalue weighted by Gasteiger charge is -2.24. The predicted octanol–water partition coefficient (Wildman–Crippen LogP) is 0.711. The van der Waals surface area contributed by atoms with Crippen molar-refractivity contribution in [2.45, 2.75) is 25.9 Å². The van der Waals surface area contributed by atoms with Gasteiger partial charge in [-0.2, -0.15) is 0 Å². The molecular weight excluding hydrogens is 214 g/mol. The van der Waals surface area contributed by atoms with Crippen LogP contribution in [0.5, 0.6) is 0 Å². The van der Waals surface area contributed by atoms with Crippen LogP contribution in [0.25, 0.3) is 0 Å². The van der Waals surface area contributed by atoms with E-state index in [-0.39, 0.29) is 5.91 Å². The molecule has 0 saturated heterocycles. The number of amides is 1. The highest BCUT2D eigenvalue weighted by Gasteiger charge is 2.16. The van der Waals surface area contributed by atoms with Crippen LogP contribution < -0.4 is 11.5 Å². The minimum atomic E-state index is -0.462. The molecule has 1 aromatic rings. The molecule has 4 heteroatoms. The van der Waals surface area contributed by atoms with E-state index in [1.54, 1.807) is 11.8 Å². The van der Waals surface area contributed by atoms with Gasteiger partial charge in [-0.3, -0.25) is 4.79 Å². The smallest absolute Gasteiger partial charge is 0.239 e. The second-order valence-electron chi connectivity index (χ2n) is 4.18. The molecule has 0 spiro atoms. The van der Waals surface area contributed by atoms with Gasteiger partial charge in [-0.05, 0) is 25.5 Å². The highest BCUT2D eigenvalue weighted by atomic mass is 16.2. The number of benzene rings is 1. The molecule has 0 aromatic heterocycles. The summed E-state index contributed by atoms with van der Waals surface area (Å²) in [5.41, 5.74) is 12.2. The molecule has 4 N–H and O–H groups in total. The van der Waals surface area contributed by atoms with Crippen LogP contribution in [0, 0.1) is 0 Å². The van der Waals surface area contributed by atoms with Gasteiger partial charge in [-0.15, -0.1) is 0 Å². The second-order valence-corrected chi connectivity index (χ2v) is 4.18. The van der Waals surface area contributed by atoms with Crippen LogP contribution in [0.4, 0.5) is 0 Å². The van der Waals surface area contributed by atoms with Crippen LogP contribution in [0.3, 0.4) is 0 Å². The van der Waals surface area contributed by atoms with Crippen LogP contribution in [0.2, 0.25) is 0 Å². The average Bonchev–Trinajstić information content (AvgIpc) is 2.34. The molecule has 4 nitrogen and oxygen atoms in total. The molecule has 0 heterocycles. The van der Waals surface area contributed by atoms with Gasteiger partial charge in [0, 0.05) is 13.1 Å². The molecule has 1 unspecified atom stereocenters. The minimum absolute atomic E-state index is 0.0256. The fraction of sp³-hybridized carbons (Fsp3) is 0.462. The number of carbonyl (C=O) groups is 1. The fourth-order valence-corrected chi connectivity index (χ4v) is 1.64. The second kappa shape index (κ2) is 7.04. The van der Waals surface area contributed by atoms with Gasteiger partial charge in [0.25, 0.3) is 0 Å². The van der Waals surface area contributed by atoms with Crippen molar-refractivity contribution < 1.29 is 4.79 Å². The highest BCUT2D eigenvalue weighted by molar-refractivity contribution is 5.81.